The van der Waals surface area contributed by atoms with Gasteiger partial charge in [0.1, 0.15) is 29.0 Å². The van der Waals surface area contributed by atoms with Crippen molar-refractivity contribution in [3.05, 3.63) is 537 Å². The number of hydrogen-bond acceptors (Lipinski definition) is 2. The Morgan fingerprint density at radius 1 is 0.204 bits per heavy atom. The van der Waals surface area contributed by atoms with E-state index in [9.17, 15) is 28.1 Å². The van der Waals surface area contributed by atoms with Crippen LogP contribution in [0.1, 0.15) is 23.6 Å². The Bertz CT molecular complexity index is 9500. The highest BCUT2D eigenvalue weighted by molar-refractivity contribution is 6.18. The lowest BCUT2D eigenvalue weighted by Gasteiger charge is -2.25. The molecular formula is C136H87F4N7. The molecule has 0 saturated carbocycles. The van der Waals surface area contributed by atoms with Crippen molar-refractivity contribution in [3.8, 4) is 141 Å². The van der Waals surface area contributed by atoms with E-state index >= 15 is 0 Å². The van der Waals surface area contributed by atoms with Crippen LogP contribution in [0.25, 0.3) is 238 Å². The summed E-state index contributed by atoms with van der Waals surface area (Å²) in [5.74, 6) is -3.72. The highest BCUT2D eigenvalue weighted by Crippen LogP contribution is 2.51. The minimum absolute atomic E-state index is 0.284. The number of fused-ring (bicyclic) bond motifs is 18. The van der Waals surface area contributed by atoms with Crippen LogP contribution < -0.4 is 0 Å². The number of halogens is 4. The van der Waals surface area contributed by atoms with Crippen molar-refractivity contribution in [3.63, 3.8) is 0 Å². The van der Waals surface area contributed by atoms with Crippen LogP contribution in [-0.4, -0.2) is 30.0 Å². The Labute approximate surface area is 847 Å². The molecular weight excluding hydrogens is 1810 g/mol. The summed E-state index contributed by atoms with van der Waals surface area (Å²) >= 11 is 0. The summed E-state index contributed by atoms with van der Waals surface area (Å²) in [7, 11) is -1.00. The molecule has 22 aromatic carbocycles. The third-order valence-corrected chi connectivity index (χ3v) is 29.0. The van der Waals surface area contributed by atoms with Gasteiger partial charge in [-0.25, -0.2) is 13.2 Å². The molecule has 5 aromatic heterocycles. The van der Waals surface area contributed by atoms with Gasteiger partial charge in [0.15, 0.2) is 17.5 Å². The normalized spacial score (nSPS) is 11.6. The smallest absolute Gasteiger partial charge is 0.178 e. The highest BCUT2D eigenvalue weighted by Gasteiger charge is 2.33. The molecule has 694 valence electrons. The number of para-hydroxylation sites is 4. The predicted molar refractivity (Wildman–Crippen MR) is 599 cm³/mol. The first-order chi connectivity index (χ1) is 73.0. The number of rotatable bonds is 13. The first kappa shape index (κ1) is 87.8. The molecule has 0 unspecified atom stereocenters. The number of alkyl halides is 1. The fourth-order valence-corrected chi connectivity index (χ4v) is 22.2. The molecule has 0 bridgehead atoms. The van der Waals surface area contributed by atoms with Gasteiger partial charge in [-0.3, -0.25) is 4.39 Å². The molecule has 0 amide bonds. The molecule has 28 rings (SSSR count). The van der Waals surface area contributed by atoms with Crippen LogP contribution in [0.15, 0.2) is 497 Å². The Kier molecular flexibility index (Phi) is 22.4. The molecule has 0 spiro atoms. The van der Waals surface area contributed by atoms with Gasteiger partial charge in [0.05, 0.1) is 86.4 Å². The average Bonchev–Trinajstić information content (AvgIpc) is 1.52. The monoisotopic (exact) mass is 1890 g/mol. The maximum Gasteiger partial charge on any atom is 0.178 e. The summed E-state index contributed by atoms with van der Waals surface area (Å²) in [6, 6.07) is 180. The topological polar surface area (TPSA) is 72.2 Å². The van der Waals surface area contributed by atoms with Crippen molar-refractivity contribution in [2.75, 3.05) is 7.15 Å². The Hall–Kier alpha value is -19.5. The summed E-state index contributed by atoms with van der Waals surface area (Å²) in [4.78, 5) is 0. The van der Waals surface area contributed by atoms with Crippen molar-refractivity contribution < 1.29 is 18.9 Å². The molecule has 5 heterocycles. The van der Waals surface area contributed by atoms with E-state index in [1.807, 2.05) is 24.3 Å². The summed E-state index contributed by atoms with van der Waals surface area (Å²) < 4.78 is 68.8. The van der Waals surface area contributed by atoms with E-state index in [0.29, 0.717) is 22.7 Å². The van der Waals surface area contributed by atoms with E-state index < -0.39 is 30.2 Å². The number of nitriles is 2. The molecule has 147 heavy (non-hydrogen) atoms. The summed E-state index contributed by atoms with van der Waals surface area (Å²) in [5, 5.41) is 32.9. The molecule has 0 N–H and O–H groups in total. The first-order valence-electron chi connectivity index (χ1n) is 49.7. The fraction of sp³-hybridized carbons (Fsp3) is 0.0147. The maximum absolute atomic E-state index is 14.5. The standard InChI is InChI=1S/C91H57N5.C25H18.C19H9F3N2.CH3F/c92-58-79-90(95-80-37-21-19-35-71(80)72-36-20-22-38-81(72)95)88(93-82-45-39-65(59-23-7-1-8-24-59)51-73(82)74-52-66(40-46-83(74)93)60-25-9-2-10-26-60)57-89(94-84-47-41-67(61-27-11-3-12-28-61)53-75(84)76-54-68(42-48-85(76)94)62-29-13-4-14-30-62)91(79)96-86-49-43-69(63-31-15-5-16-32-63)55-77(86)78-56-70(44-50-87(78)96)64-33-17-6-18-34-64;1-3-7-18(8-4-1)20-11-13-22-15-23-14-12-21(17-25(23)24(22)16-20)19-9-5-2-6-10-19;20-14-9-15(21)19(13(10-23)18(14)22)24-16-7-3-1-5-11(16)12-6-2-4-8-17(12)24;1-2/h1-57H;1-14,16-17H,15H2;1-9H;1H3/i;;;1D. The van der Waals surface area contributed by atoms with Crippen LogP contribution >= 0.6 is 0 Å². The maximum atomic E-state index is 14.5. The Balaban J connectivity index is 0.000000176. The van der Waals surface area contributed by atoms with Gasteiger partial charge in [-0.05, 0) is 233 Å². The van der Waals surface area contributed by atoms with Crippen molar-refractivity contribution >= 4 is 109 Å². The molecule has 7 nitrogen and oxygen atoms in total. The zero-order valence-electron chi connectivity index (χ0n) is 80.4. The van der Waals surface area contributed by atoms with E-state index in [4.69, 9.17) is 1.37 Å². The van der Waals surface area contributed by atoms with Crippen LogP contribution in [0.3, 0.4) is 0 Å². The molecule has 0 saturated heterocycles. The van der Waals surface area contributed by atoms with Gasteiger partial charge in [0, 0.05) is 59.9 Å². The molecule has 1 aliphatic carbocycles. The highest BCUT2D eigenvalue weighted by atomic mass is 19.2. The third kappa shape index (κ3) is 15.4. The molecule has 11 heteroatoms. The van der Waals surface area contributed by atoms with Gasteiger partial charge in [0.2, 0.25) is 0 Å². The average molecular weight is 1900 g/mol. The van der Waals surface area contributed by atoms with Crippen LogP contribution in [0.5, 0.6) is 0 Å². The van der Waals surface area contributed by atoms with Gasteiger partial charge in [-0.1, -0.05) is 376 Å². The second kappa shape index (κ2) is 37.5. The van der Waals surface area contributed by atoms with Gasteiger partial charge < -0.3 is 22.8 Å². The van der Waals surface area contributed by atoms with E-state index in [0.717, 1.165) is 194 Å². The fourth-order valence-electron chi connectivity index (χ4n) is 22.2. The minimum atomic E-state index is -1.38. The summed E-state index contributed by atoms with van der Waals surface area (Å²) in [5.41, 5.74) is 36.3. The van der Waals surface area contributed by atoms with Crippen molar-refractivity contribution in [1.29, 1.82) is 10.5 Å². The molecule has 1 aliphatic rings. The van der Waals surface area contributed by atoms with Crippen molar-refractivity contribution in [2.45, 2.75) is 6.42 Å². The minimum Gasteiger partial charge on any atom is -0.307 e. The quantitative estimate of drug-likeness (QED) is 0.0852. The third-order valence-electron chi connectivity index (χ3n) is 29.0. The zero-order chi connectivity index (χ0) is 99.6. The second-order valence-corrected chi connectivity index (χ2v) is 37.1. The van der Waals surface area contributed by atoms with Gasteiger partial charge in [-0.15, -0.1) is 0 Å². The number of aromatic nitrogens is 5. The van der Waals surface area contributed by atoms with E-state index in [1.165, 1.54) is 49.1 Å². The van der Waals surface area contributed by atoms with Gasteiger partial charge in [-0.2, -0.15) is 10.5 Å². The van der Waals surface area contributed by atoms with Crippen LogP contribution in [0.2, 0.25) is 0 Å². The molecule has 0 aliphatic heterocycles. The molecule has 0 atom stereocenters. The van der Waals surface area contributed by atoms with E-state index in [2.05, 4.69) is 467 Å². The number of hydrogen-bond donors (Lipinski definition) is 0. The zero-order valence-corrected chi connectivity index (χ0v) is 79.4. The summed E-state index contributed by atoms with van der Waals surface area (Å²) in [6.45, 7) is 0. The lowest BCUT2D eigenvalue weighted by atomic mass is 9.96. The lowest BCUT2D eigenvalue weighted by molar-refractivity contribution is 0.491. The van der Waals surface area contributed by atoms with Crippen molar-refractivity contribution in [2.24, 2.45) is 0 Å². The lowest BCUT2D eigenvalue weighted by Crippen LogP contribution is -2.13. The Morgan fingerprint density at radius 2 is 0.415 bits per heavy atom. The SMILES string of the molecule is N#Cc1c(-n2c3ccccc3c3ccccc32)c(-n2c3ccc(-c4ccccc4)cc3c3cc(-c4ccccc4)ccc32)cc(-n2c3ccc(-c4ccccc4)cc3c3cc(-c4ccccc4)ccc32)c1-n1c2ccc(-c3ccccc3)cc2c2cc(-c3ccccc3)ccc21.N#Cc1c(F)c(F)cc(F)c1-n1c2ccccc2c2ccccc21.[2H]CF.c1ccc(-c2ccc3c(c2)-c2cc(-c4ccccc4)ccc2C3)cc1. The summed E-state index contributed by atoms with van der Waals surface area (Å²) in [6.07, 6.45) is 1.04. The largest absolute Gasteiger partial charge is 0.307 e. The van der Waals surface area contributed by atoms with E-state index in [-0.39, 0.29) is 5.69 Å². The molecule has 27 aromatic rings. The predicted octanol–water partition coefficient (Wildman–Crippen LogP) is 36.2. The molecule has 0 radical (unpaired) electrons. The Morgan fingerprint density at radius 3 is 0.667 bits per heavy atom. The van der Waals surface area contributed by atoms with Crippen LogP contribution in [-0.2, 0) is 6.42 Å². The first-order valence-corrected chi connectivity index (χ1v) is 49.0. The second-order valence-electron chi connectivity index (χ2n) is 37.1. The molecule has 0 fully saturated rings. The number of nitrogens with zero attached hydrogens (tertiary/aromatic N) is 7. The van der Waals surface area contributed by atoms with Crippen LogP contribution in [0, 0.1) is 40.1 Å². The van der Waals surface area contributed by atoms with E-state index in [1.54, 1.807) is 30.3 Å². The van der Waals surface area contributed by atoms with Gasteiger partial charge >= 0.3 is 0 Å². The number of benzene rings is 22. The van der Waals surface area contributed by atoms with Crippen molar-refractivity contribution in [1.82, 2.24) is 22.8 Å². The van der Waals surface area contributed by atoms with Gasteiger partial charge in [0.25, 0.3) is 0 Å². The van der Waals surface area contributed by atoms with Crippen LogP contribution in [0.4, 0.5) is 17.6 Å².